The van der Waals surface area contributed by atoms with Gasteiger partial charge < -0.3 is 52.5 Å². The molecule has 0 bridgehead atoms. The molecule has 8 rings (SSSR count). The minimum atomic E-state index is -1.45. The summed E-state index contributed by atoms with van der Waals surface area (Å²) < 4.78 is 66.4. The van der Waals surface area contributed by atoms with Gasteiger partial charge in [0, 0.05) is 6.92 Å². The Morgan fingerprint density at radius 2 is 0.735 bits per heavy atom. The van der Waals surface area contributed by atoms with Crippen LogP contribution >= 0.6 is 0 Å². The van der Waals surface area contributed by atoms with Crippen LogP contribution in [0.25, 0.3) is 0 Å². The lowest BCUT2D eigenvalue weighted by Crippen LogP contribution is -2.66. The van der Waals surface area contributed by atoms with Gasteiger partial charge in [-0.05, 0) is 33.4 Å². The lowest BCUT2D eigenvalue weighted by atomic mass is 9.95. The Labute approximate surface area is 398 Å². The van der Waals surface area contributed by atoms with Crippen molar-refractivity contribution in [1.82, 2.24) is 0 Å². The normalized spacial score (nSPS) is 24.9. The fraction of sp³-hybridized carbons (Fsp3) is 0.339. The number of hydrogen-bond acceptors (Lipinski definition) is 12. The fourth-order valence-corrected chi connectivity index (χ4v) is 8.35. The van der Waals surface area contributed by atoms with E-state index in [1.54, 1.807) is 0 Å². The summed E-state index contributed by atoms with van der Waals surface area (Å²) in [4.78, 5) is 13.3. The number of esters is 1. The SMILES string of the molecule is CC(=O)O[C@@H]1[C@@H](O[C@H]2[C@H](OCc3ccccc3)[C@@H](OCc3ccccc3)[C@@H](O)O[C@@H]2COCc2ccccc2)O[C@H](COCc2ccccc2)[C@@H](OCc2ccccc2)[C@@H]1OCc1ccccc1. The Kier molecular flexibility index (Phi) is 18.4. The van der Waals surface area contributed by atoms with Crippen LogP contribution in [0.3, 0.4) is 0 Å². The minimum Gasteiger partial charge on any atom is -0.454 e. The van der Waals surface area contributed by atoms with Gasteiger partial charge in [0.1, 0.15) is 42.7 Å². The van der Waals surface area contributed by atoms with Crippen LogP contribution in [0.1, 0.15) is 40.3 Å². The molecular weight excluding hydrogens is 865 g/mol. The molecule has 2 aliphatic rings. The first-order valence-corrected chi connectivity index (χ1v) is 23.1. The summed E-state index contributed by atoms with van der Waals surface area (Å²) in [7, 11) is 0. The third kappa shape index (κ3) is 14.2. The molecule has 356 valence electrons. The van der Waals surface area contributed by atoms with Crippen LogP contribution in [0.4, 0.5) is 0 Å². The second-order valence-electron chi connectivity index (χ2n) is 16.8. The van der Waals surface area contributed by atoms with Gasteiger partial charge in [-0.1, -0.05) is 182 Å². The quantitative estimate of drug-likeness (QED) is 0.0619. The van der Waals surface area contributed by atoms with Gasteiger partial charge in [0.05, 0.1) is 52.9 Å². The lowest BCUT2D eigenvalue weighted by Gasteiger charge is -2.49. The van der Waals surface area contributed by atoms with Gasteiger partial charge in [0.25, 0.3) is 0 Å². The van der Waals surface area contributed by atoms with Crippen LogP contribution in [0, 0.1) is 0 Å². The van der Waals surface area contributed by atoms with Crippen LogP contribution < -0.4 is 0 Å². The van der Waals surface area contributed by atoms with E-state index >= 15 is 0 Å². The van der Waals surface area contributed by atoms with Crippen LogP contribution in [0.2, 0.25) is 0 Å². The number of ether oxygens (including phenoxy) is 10. The first-order valence-electron chi connectivity index (χ1n) is 23.1. The molecule has 1 N–H and O–H groups in total. The zero-order valence-corrected chi connectivity index (χ0v) is 38.2. The molecule has 2 heterocycles. The van der Waals surface area contributed by atoms with Crippen LogP contribution in [-0.4, -0.2) is 85.7 Å². The van der Waals surface area contributed by atoms with Crippen molar-refractivity contribution in [2.24, 2.45) is 0 Å². The summed E-state index contributed by atoms with van der Waals surface area (Å²) in [5, 5.41) is 11.8. The second kappa shape index (κ2) is 25.7. The van der Waals surface area contributed by atoms with Crippen molar-refractivity contribution in [1.29, 1.82) is 0 Å². The number of benzene rings is 6. The molecule has 12 heteroatoms. The molecule has 2 aliphatic heterocycles. The summed E-state index contributed by atoms with van der Waals surface area (Å²) >= 11 is 0. The molecule has 6 aromatic rings. The number of rotatable bonds is 23. The first-order chi connectivity index (χ1) is 33.5. The summed E-state index contributed by atoms with van der Waals surface area (Å²) in [6.07, 6.45) is -10.5. The Bertz CT molecular complexity index is 2330. The highest BCUT2D eigenvalue weighted by molar-refractivity contribution is 5.66. The number of hydrogen-bond donors (Lipinski definition) is 1. The third-order valence-electron chi connectivity index (χ3n) is 11.7. The Morgan fingerprint density at radius 1 is 0.412 bits per heavy atom. The van der Waals surface area contributed by atoms with Gasteiger partial charge >= 0.3 is 5.97 Å². The van der Waals surface area contributed by atoms with E-state index in [2.05, 4.69) is 0 Å². The molecule has 10 atom stereocenters. The monoisotopic (exact) mass is 924 g/mol. The van der Waals surface area contributed by atoms with Gasteiger partial charge in [-0.3, -0.25) is 4.79 Å². The molecule has 6 aromatic carbocycles. The van der Waals surface area contributed by atoms with E-state index in [4.69, 9.17) is 47.4 Å². The van der Waals surface area contributed by atoms with E-state index < -0.39 is 67.4 Å². The van der Waals surface area contributed by atoms with Crippen molar-refractivity contribution >= 4 is 5.97 Å². The van der Waals surface area contributed by atoms with Crippen LogP contribution in [0.5, 0.6) is 0 Å². The molecule has 0 radical (unpaired) electrons. The minimum absolute atomic E-state index is 0.0153. The highest BCUT2D eigenvalue weighted by Gasteiger charge is 2.55. The molecule has 68 heavy (non-hydrogen) atoms. The summed E-state index contributed by atoms with van der Waals surface area (Å²) in [6, 6.07) is 58.5. The summed E-state index contributed by atoms with van der Waals surface area (Å²) in [5.74, 6) is -0.583. The second-order valence-corrected chi connectivity index (χ2v) is 16.8. The molecule has 0 spiro atoms. The highest BCUT2D eigenvalue weighted by Crippen LogP contribution is 2.36. The summed E-state index contributed by atoms with van der Waals surface area (Å²) in [6.45, 7) is 2.60. The van der Waals surface area contributed by atoms with Crippen molar-refractivity contribution in [3.8, 4) is 0 Å². The van der Waals surface area contributed by atoms with Gasteiger partial charge in [-0.2, -0.15) is 0 Å². The van der Waals surface area contributed by atoms with E-state index in [9.17, 15) is 9.90 Å². The first kappa shape index (κ1) is 48.8. The maximum absolute atomic E-state index is 13.3. The molecular formula is C56H60O12. The smallest absolute Gasteiger partial charge is 0.303 e. The van der Waals surface area contributed by atoms with Crippen molar-refractivity contribution in [3.05, 3.63) is 215 Å². The molecule has 0 unspecified atom stereocenters. The lowest BCUT2D eigenvalue weighted by molar-refractivity contribution is -0.370. The summed E-state index contributed by atoms with van der Waals surface area (Å²) in [5.41, 5.74) is 5.53. The largest absolute Gasteiger partial charge is 0.454 e. The maximum Gasteiger partial charge on any atom is 0.303 e. The third-order valence-corrected chi connectivity index (χ3v) is 11.7. The molecule has 12 nitrogen and oxygen atoms in total. The highest BCUT2D eigenvalue weighted by atomic mass is 16.8. The Hall–Kier alpha value is -5.61. The standard InChI is InChI=1S/C56H60O12/c1-40(57)65-54-51(62-35-44-26-14-5-15-27-44)49(61-34-43-24-12-4-13-25-43)47(38-59-32-41-20-8-2-9-21-41)67-56(54)68-50-48(39-60-33-42-22-10-3-11-23-42)66-55(58)53(64-37-46-30-18-7-19-31-46)52(50)63-36-45-28-16-6-17-29-45/h2-31,47-56,58H,32-39H2,1H3/t47-,48-,49-,50-,51+,52+,53-,54+,55+,56-/m1/s1. The zero-order valence-electron chi connectivity index (χ0n) is 38.2. The van der Waals surface area contributed by atoms with Gasteiger partial charge in [0.2, 0.25) is 0 Å². The van der Waals surface area contributed by atoms with E-state index in [0.29, 0.717) is 6.61 Å². The molecule has 2 fully saturated rings. The number of aliphatic hydroxyl groups is 1. The fourth-order valence-electron chi connectivity index (χ4n) is 8.35. The van der Waals surface area contributed by atoms with Crippen molar-refractivity contribution < 1.29 is 57.3 Å². The van der Waals surface area contributed by atoms with Gasteiger partial charge in [-0.15, -0.1) is 0 Å². The number of carbonyl (C=O) groups excluding carboxylic acids is 1. The topological polar surface area (TPSA) is 130 Å². The Balaban J connectivity index is 1.16. The predicted octanol–water partition coefficient (Wildman–Crippen LogP) is 8.52. The van der Waals surface area contributed by atoms with E-state index in [-0.39, 0.29) is 46.2 Å². The molecule has 0 aliphatic carbocycles. The van der Waals surface area contributed by atoms with Crippen LogP contribution in [0.15, 0.2) is 182 Å². The van der Waals surface area contributed by atoms with Crippen LogP contribution in [-0.2, 0) is 91.8 Å². The molecule has 2 saturated heterocycles. The van der Waals surface area contributed by atoms with E-state index in [1.165, 1.54) is 6.92 Å². The average Bonchev–Trinajstić information content (AvgIpc) is 3.37. The maximum atomic E-state index is 13.3. The average molecular weight is 925 g/mol. The molecule has 0 saturated carbocycles. The van der Waals surface area contributed by atoms with Crippen molar-refractivity contribution in [3.63, 3.8) is 0 Å². The molecule has 0 aromatic heterocycles. The molecule has 0 amide bonds. The van der Waals surface area contributed by atoms with Crippen molar-refractivity contribution in [2.75, 3.05) is 13.2 Å². The number of carbonyl (C=O) groups is 1. The van der Waals surface area contributed by atoms with E-state index in [1.807, 2.05) is 182 Å². The Morgan fingerprint density at radius 3 is 1.12 bits per heavy atom. The van der Waals surface area contributed by atoms with Gasteiger partial charge in [0.15, 0.2) is 18.7 Å². The van der Waals surface area contributed by atoms with E-state index in [0.717, 1.165) is 33.4 Å². The zero-order chi connectivity index (χ0) is 46.8. The van der Waals surface area contributed by atoms with Gasteiger partial charge in [-0.25, -0.2) is 0 Å². The van der Waals surface area contributed by atoms with Crippen molar-refractivity contribution in [2.45, 2.75) is 108 Å². The number of aliphatic hydroxyl groups excluding tert-OH is 1. The predicted molar refractivity (Wildman–Crippen MR) is 252 cm³/mol.